The van der Waals surface area contributed by atoms with E-state index in [9.17, 15) is 0 Å². The predicted octanol–water partition coefficient (Wildman–Crippen LogP) is 2.28. The molecule has 1 heterocycles. The van der Waals surface area contributed by atoms with Crippen LogP contribution < -0.4 is 9.61 Å². The summed E-state index contributed by atoms with van der Waals surface area (Å²) in [6.45, 7) is 0. The molecule has 1 aromatic rings. The van der Waals surface area contributed by atoms with Gasteiger partial charge < -0.3 is 9.61 Å². The first kappa shape index (κ1) is 7.84. The van der Waals surface area contributed by atoms with E-state index in [-0.39, 0.29) is 0 Å². The summed E-state index contributed by atoms with van der Waals surface area (Å²) in [5, 5.41) is 3.30. The van der Waals surface area contributed by atoms with Crippen molar-refractivity contribution < 1.29 is 4.52 Å². The van der Waals surface area contributed by atoms with Crippen molar-refractivity contribution >= 4 is 14.1 Å². The molecule has 1 aliphatic heterocycles. The van der Waals surface area contributed by atoms with E-state index in [1.165, 1.54) is 0 Å². The van der Waals surface area contributed by atoms with Crippen LogP contribution in [0.25, 0.3) is 0 Å². The van der Waals surface area contributed by atoms with Crippen LogP contribution in [0.3, 0.4) is 0 Å². The Balaban J connectivity index is 2.22. The zero-order valence-electron chi connectivity index (χ0n) is 7.11. The lowest BCUT2D eigenvalue weighted by molar-refractivity contribution is 0.548. The molecule has 3 nitrogen and oxygen atoms in total. The number of nitrogens with one attached hydrogen (secondary N) is 1. The zero-order chi connectivity index (χ0) is 8.55. The SMILES string of the molecule is CN(C)P1Nc2ccccc2O1. The number of anilines is 1. The van der Waals surface area contributed by atoms with Crippen LogP contribution in [0.15, 0.2) is 24.3 Å². The molecule has 12 heavy (non-hydrogen) atoms. The van der Waals surface area contributed by atoms with Gasteiger partial charge >= 0.3 is 0 Å². The second kappa shape index (κ2) is 2.92. The normalized spacial score (nSPS) is 20.1. The summed E-state index contributed by atoms with van der Waals surface area (Å²) in [5.74, 6) is 0.956. The molecule has 0 spiro atoms. The molecular weight excluding hydrogens is 171 g/mol. The molecule has 0 saturated carbocycles. The quantitative estimate of drug-likeness (QED) is 0.674. The maximum atomic E-state index is 5.65. The number of benzene rings is 1. The van der Waals surface area contributed by atoms with Crippen LogP contribution in [0.2, 0.25) is 0 Å². The van der Waals surface area contributed by atoms with Gasteiger partial charge in [-0.15, -0.1) is 0 Å². The highest BCUT2D eigenvalue weighted by Gasteiger charge is 2.23. The minimum atomic E-state index is -0.648. The van der Waals surface area contributed by atoms with Crippen molar-refractivity contribution in [1.82, 2.24) is 4.67 Å². The van der Waals surface area contributed by atoms with Crippen LogP contribution in [0.1, 0.15) is 0 Å². The summed E-state index contributed by atoms with van der Waals surface area (Å²) in [4.78, 5) is 0. The molecule has 1 unspecified atom stereocenters. The highest BCUT2D eigenvalue weighted by atomic mass is 31.2. The van der Waals surface area contributed by atoms with Gasteiger partial charge in [0.05, 0.1) is 5.69 Å². The summed E-state index contributed by atoms with van der Waals surface area (Å²) in [6.07, 6.45) is 0. The minimum absolute atomic E-state index is 0.648. The molecule has 1 aromatic carbocycles. The van der Waals surface area contributed by atoms with Gasteiger partial charge in [-0.2, -0.15) is 0 Å². The van der Waals surface area contributed by atoms with E-state index in [0.29, 0.717) is 0 Å². The van der Waals surface area contributed by atoms with E-state index in [1.807, 2.05) is 38.4 Å². The Labute approximate surface area is 73.3 Å². The van der Waals surface area contributed by atoms with Crippen molar-refractivity contribution in [1.29, 1.82) is 0 Å². The molecule has 0 bridgehead atoms. The maximum Gasteiger partial charge on any atom is 0.275 e. The van der Waals surface area contributed by atoms with E-state index >= 15 is 0 Å². The van der Waals surface area contributed by atoms with Gasteiger partial charge in [-0.3, -0.25) is 0 Å². The van der Waals surface area contributed by atoms with Crippen LogP contribution in [0.5, 0.6) is 5.75 Å². The fraction of sp³-hybridized carbons (Fsp3) is 0.250. The summed E-state index contributed by atoms with van der Waals surface area (Å²) in [5.41, 5.74) is 1.09. The van der Waals surface area contributed by atoms with Crippen molar-refractivity contribution in [3.05, 3.63) is 24.3 Å². The van der Waals surface area contributed by atoms with Crippen LogP contribution in [0, 0.1) is 0 Å². The number of fused-ring (bicyclic) bond motifs is 1. The van der Waals surface area contributed by atoms with Crippen molar-refractivity contribution in [2.75, 3.05) is 19.2 Å². The topological polar surface area (TPSA) is 24.5 Å². The van der Waals surface area contributed by atoms with Gasteiger partial charge in [0.25, 0.3) is 8.45 Å². The molecule has 4 heteroatoms. The van der Waals surface area contributed by atoms with E-state index in [0.717, 1.165) is 11.4 Å². The lowest BCUT2D eigenvalue weighted by Gasteiger charge is -2.15. The fourth-order valence-corrected chi connectivity index (χ4v) is 2.18. The Morgan fingerprint density at radius 2 is 2.08 bits per heavy atom. The summed E-state index contributed by atoms with van der Waals surface area (Å²) >= 11 is 0. The number of hydrogen-bond acceptors (Lipinski definition) is 3. The molecule has 1 aliphatic rings. The van der Waals surface area contributed by atoms with E-state index in [1.54, 1.807) is 0 Å². The smallest absolute Gasteiger partial charge is 0.275 e. The standard InChI is InChI=1S/C8H11N2OP/c1-10(2)12-9-7-5-3-4-6-8(7)11-12/h3-6,9H,1-2H3. The molecular formula is C8H11N2OP. The Morgan fingerprint density at radius 1 is 1.33 bits per heavy atom. The summed E-state index contributed by atoms with van der Waals surface area (Å²) < 4.78 is 7.70. The molecule has 0 saturated heterocycles. The van der Waals surface area contributed by atoms with Crippen molar-refractivity contribution in [3.8, 4) is 5.75 Å². The van der Waals surface area contributed by atoms with Gasteiger partial charge in [0.15, 0.2) is 5.75 Å². The predicted molar refractivity (Wildman–Crippen MR) is 51.3 cm³/mol. The lowest BCUT2D eigenvalue weighted by atomic mass is 10.3. The third-order valence-corrected chi connectivity index (χ3v) is 3.18. The third kappa shape index (κ3) is 1.26. The van der Waals surface area contributed by atoms with E-state index in [4.69, 9.17) is 4.52 Å². The highest BCUT2D eigenvalue weighted by molar-refractivity contribution is 7.52. The largest absolute Gasteiger partial charge is 0.438 e. The first-order chi connectivity index (χ1) is 5.77. The average molecular weight is 182 g/mol. The van der Waals surface area contributed by atoms with Gasteiger partial charge in [0, 0.05) is 0 Å². The zero-order valence-corrected chi connectivity index (χ0v) is 8.01. The first-order valence-electron chi connectivity index (χ1n) is 3.78. The van der Waals surface area contributed by atoms with E-state index in [2.05, 4.69) is 9.76 Å². The van der Waals surface area contributed by atoms with Gasteiger partial charge in [-0.25, -0.2) is 4.67 Å². The molecule has 0 fully saturated rings. The van der Waals surface area contributed by atoms with Crippen LogP contribution in [-0.4, -0.2) is 18.8 Å². The molecule has 0 radical (unpaired) electrons. The highest BCUT2D eigenvalue weighted by Crippen LogP contribution is 2.50. The molecule has 0 aromatic heterocycles. The number of para-hydroxylation sites is 2. The molecule has 1 N–H and O–H groups in total. The maximum absolute atomic E-state index is 5.65. The van der Waals surface area contributed by atoms with Gasteiger partial charge in [-0.05, 0) is 26.2 Å². The first-order valence-corrected chi connectivity index (χ1v) is 4.99. The van der Waals surface area contributed by atoms with Crippen LogP contribution in [-0.2, 0) is 0 Å². The van der Waals surface area contributed by atoms with E-state index < -0.39 is 8.45 Å². The van der Waals surface area contributed by atoms with Gasteiger partial charge in [0.2, 0.25) is 0 Å². The lowest BCUT2D eigenvalue weighted by Crippen LogP contribution is -2.09. The monoisotopic (exact) mass is 182 g/mol. The average Bonchev–Trinajstić information content (AvgIpc) is 2.46. The molecule has 2 rings (SSSR count). The van der Waals surface area contributed by atoms with Crippen LogP contribution in [0.4, 0.5) is 5.69 Å². The second-order valence-electron chi connectivity index (χ2n) is 2.82. The number of nitrogens with zero attached hydrogens (tertiary/aromatic N) is 1. The van der Waals surface area contributed by atoms with Crippen molar-refractivity contribution in [2.24, 2.45) is 0 Å². The Morgan fingerprint density at radius 3 is 2.75 bits per heavy atom. The summed E-state index contributed by atoms with van der Waals surface area (Å²) in [6, 6.07) is 7.99. The molecule has 0 aliphatic carbocycles. The van der Waals surface area contributed by atoms with Crippen LogP contribution >= 0.6 is 8.45 Å². The van der Waals surface area contributed by atoms with Crippen molar-refractivity contribution in [3.63, 3.8) is 0 Å². The number of rotatable bonds is 1. The third-order valence-electron chi connectivity index (χ3n) is 1.65. The summed E-state index contributed by atoms with van der Waals surface area (Å²) in [7, 11) is 3.36. The Hall–Kier alpha value is -0.790. The molecule has 1 atom stereocenters. The Kier molecular flexibility index (Phi) is 1.91. The minimum Gasteiger partial charge on any atom is -0.438 e. The Bertz CT molecular complexity index is 265. The molecule has 64 valence electrons. The second-order valence-corrected chi connectivity index (χ2v) is 4.57. The van der Waals surface area contributed by atoms with Gasteiger partial charge in [-0.1, -0.05) is 12.1 Å². The van der Waals surface area contributed by atoms with Crippen molar-refractivity contribution in [2.45, 2.75) is 0 Å². The fourth-order valence-electron chi connectivity index (χ4n) is 1.04. The number of hydrogen-bond donors (Lipinski definition) is 1. The molecule has 0 amide bonds. The van der Waals surface area contributed by atoms with Gasteiger partial charge in [0.1, 0.15) is 0 Å².